The second-order valence-electron chi connectivity index (χ2n) is 27.6. The molecule has 6 aliphatic heterocycles. The molecule has 2 unspecified atom stereocenters. The standard InChI is InChI=1S/C64H104N12O24S4/c65-17-39-37(79)15-35(71)61(93-39)97-53-31(67)13-33(69)55(51(53)85)99-63-49(83)45(73)47(81)41(95-63)23-103-11-7-91-5-9-101-21-25(77)19-75-57(87)27-1-2-28-44-30(4-3-29(43(27)44)59(75)89)60(90)76(58(28)88)20-26(78)22-102-10-6-92-8-12-104-24-42-48(82)46(74)50(84)64(96-42)100-56-34(70)14-32(68)54(52(56)86)98-62-36(72)16-38(80)40(18-66)94-62/h1-4,25-26,31-42,45-56,61-64,77-86H,5-24,65-74H2/t25?,26?,31-,32-,33+,34+,35+,36+,37-,38-,39+,40+,41+,42+,45-,46-,47+,48+,49+,50+,51-,52-,53+,54+,55-,56-,61+,62+,63+,64+/m0/s1. The molecule has 2 saturated carbocycles. The minimum absolute atomic E-state index is 0.00497. The molecule has 2 aromatic carbocycles. The summed E-state index contributed by atoms with van der Waals surface area (Å²) in [6, 6.07) is -1.37. The third kappa shape index (κ3) is 19.2. The Balaban J connectivity index is 0.597. The highest BCUT2D eigenvalue weighted by Crippen LogP contribution is 2.40. The van der Waals surface area contributed by atoms with E-state index in [1.165, 1.54) is 71.3 Å². The van der Waals surface area contributed by atoms with Gasteiger partial charge in [-0.05, 0) is 49.9 Å². The SMILES string of the molecule is NC[C@H]1O[C@H](O[C@H]2[C@H](O)[C@@H](O[C@H]3O[C@H](CSCCOCCSCC(O)CN4C(=O)c5ccc6c7c(ccc(c57)C4=O)C(=O)N(CC(O)CSCCOCCSC[C@H]4O[C@H](O[C@@H]5[C@@H](O)[C@H](O[C@H]7O[C@H](CN)[C@@H](O)C[C@H]7N)[C@@H](N)C[C@H]5N)[C@H](O)[C@@H](N)[C@@H]4O)C6=O)[C@@H](O)[C@H](N)[C@H]3O)[C@H](N)C[C@@H]2N)[C@H](N)C[C@@H]1O. The molecule has 2 aromatic rings. The Bertz CT molecular complexity index is 2910. The van der Waals surface area contributed by atoms with Crippen LogP contribution in [0.2, 0.25) is 0 Å². The summed E-state index contributed by atoms with van der Waals surface area (Å²) in [5.74, 6) is -0.279. The van der Waals surface area contributed by atoms with Crippen molar-refractivity contribution in [2.24, 2.45) is 57.3 Å². The van der Waals surface area contributed by atoms with Gasteiger partial charge >= 0.3 is 0 Å². The topological polar surface area (TPSA) is 630 Å². The molecule has 6 heterocycles. The average molecular weight is 1550 g/mol. The van der Waals surface area contributed by atoms with E-state index in [-0.39, 0.29) is 121 Å². The number of nitrogens with zero attached hydrogens (tertiary/aromatic N) is 2. The number of aliphatic hydroxyl groups is 10. The molecule has 4 amide bonds. The van der Waals surface area contributed by atoms with E-state index < -0.39 is 207 Å². The van der Waals surface area contributed by atoms with Crippen LogP contribution in [-0.4, -0.2) is 366 Å². The Morgan fingerprint density at radius 1 is 0.404 bits per heavy atom. The Morgan fingerprint density at radius 3 is 1.02 bits per heavy atom. The highest BCUT2D eigenvalue weighted by molar-refractivity contribution is 8.00. The van der Waals surface area contributed by atoms with Gasteiger partial charge < -0.3 is 156 Å². The third-order valence-corrected chi connectivity index (χ3v) is 24.2. The normalized spacial score (nSPS) is 39.0. The van der Waals surface area contributed by atoms with Gasteiger partial charge in [0.15, 0.2) is 25.2 Å². The van der Waals surface area contributed by atoms with Crippen LogP contribution in [0.4, 0.5) is 0 Å². The molecule has 30 N–H and O–H groups in total. The van der Waals surface area contributed by atoms with Gasteiger partial charge in [0.1, 0.15) is 48.8 Å². The molecule has 0 bridgehead atoms. The van der Waals surface area contributed by atoms with E-state index in [4.69, 9.17) is 105 Å². The number of hydrogen-bond donors (Lipinski definition) is 20. The van der Waals surface area contributed by atoms with Crippen molar-refractivity contribution in [1.29, 1.82) is 0 Å². The van der Waals surface area contributed by atoms with Crippen LogP contribution >= 0.6 is 47.0 Å². The van der Waals surface area contributed by atoms with Gasteiger partial charge in [0.25, 0.3) is 23.6 Å². The van der Waals surface area contributed by atoms with Gasteiger partial charge in [-0.15, -0.1) is 0 Å². The van der Waals surface area contributed by atoms with Crippen LogP contribution < -0.4 is 57.3 Å². The van der Waals surface area contributed by atoms with Crippen LogP contribution in [0.3, 0.4) is 0 Å². The summed E-state index contributed by atoms with van der Waals surface area (Å²) in [7, 11) is 0. The third-order valence-electron chi connectivity index (χ3n) is 20.0. The van der Waals surface area contributed by atoms with Crippen LogP contribution in [0.1, 0.15) is 67.1 Å². The summed E-state index contributed by atoms with van der Waals surface area (Å²) >= 11 is 5.44. The van der Waals surface area contributed by atoms with Gasteiger partial charge in [0.05, 0.1) is 125 Å². The summed E-state index contributed by atoms with van der Waals surface area (Å²) in [5, 5.41) is 110. The number of carbonyl (C=O) groups is 4. The molecular formula is C64H104N12O24S4. The first kappa shape index (κ1) is 83.6. The first-order valence-corrected chi connectivity index (χ1v) is 39.5. The maximum atomic E-state index is 14.0. The first-order valence-electron chi connectivity index (χ1n) is 34.9. The fourth-order valence-corrected chi connectivity index (χ4v) is 17.6. The molecular weight excluding hydrogens is 1450 g/mol. The van der Waals surface area contributed by atoms with Gasteiger partial charge in [0.2, 0.25) is 0 Å². The van der Waals surface area contributed by atoms with Crippen molar-refractivity contribution >= 4 is 81.4 Å². The monoisotopic (exact) mass is 1550 g/mol. The quantitative estimate of drug-likeness (QED) is 0.0229. The first-order chi connectivity index (χ1) is 49.6. The van der Waals surface area contributed by atoms with Gasteiger partial charge in [0, 0.05) is 116 Å². The molecule has 0 spiro atoms. The number of carbonyl (C=O) groups excluding carboxylic acids is 4. The number of nitrogens with two attached hydrogens (primary N) is 10. The van der Waals surface area contributed by atoms with Crippen LogP contribution in [0.25, 0.3) is 10.8 Å². The van der Waals surface area contributed by atoms with E-state index in [0.717, 1.165) is 9.80 Å². The minimum atomic E-state index is -1.50. The summed E-state index contributed by atoms with van der Waals surface area (Å²) in [4.78, 5) is 57.8. The van der Waals surface area contributed by atoms with Crippen LogP contribution in [0.5, 0.6) is 0 Å². The Kier molecular flexibility index (Phi) is 30.5. The van der Waals surface area contributed by atoms with Crippen molar-refractivity contribution in [3.8, 4) is 0 Å². The summed E-state index contributed by atoms with van der Waals surface area (Å²) in [6.45, 7) is 0.500. The molecule has 30 atom stereocenters. The van der Waals surface area contributed by atoms with Crippen LogP contribution in [-0.2, 0) is 47.4 Å². The molecule has 2 aliphatic carbocycles. The lowest BCUT2D eigenvalue weighted by molar-refractivity contribution is -0.309. The number of β-amino-alcohol motifs (C(OH)–C–C–N with tert-alkyl or cyclic N) is 2. The number of hydrogen-bond acceptors (Lipinski definition) is 38. The van der Waals surface area contributed by atoms with Gasteiger partial charge in [-0.3, -0.25) is 29.0 Å². The zero-order valence-corrected chi connectivity index (χ0v) is 60.5. The number of aliphatic hydroxyl groups excluding tert-OH is 10. The highest BCUT2D eigenvalue weighted by Gasteiger charge is 2.53. The largest absolute Gasteiger partial charge is 0.390 e. The van der Waals surface area contributed by atoms with Gasteiger partial charge in [-0.25, -0.2) is 0 Å². The lowest BCUT2D eigenvalue weighted by atomic mass is 9.84. The molecule has 588 valence electrons. The number of imide groups is 2. The lowest BCUT2D eigenvalue weighted by Gasteiger charge is -2.48. The van der Waals surface area contributed by atoms with Crippen molar-refractivity contribution in [3.05, 3.63) is 46.5 Å². The summed E-state index contributed by atoms with van der Waals surface area (Å²) in [6.07, 6.45) is -24.6. The molecule has 0 aromatic heterocycles. The van der Waals surface area contributed by atoms with E-state index in [9.17, 15) is 70.2 Å². The molecule has 4 saturated heterocycles. The molecule has 6 fully saturated rings. The zero-order valence-electron chi connectivity index (χ0n) is 57.3. The number of benzene rings is 2. The van der Waals surface area contributed by atoms with E-state index in [0.29, 0.717) is 36.2 Å². The van der Waals surface area contributed by atoms with Gasteiger partial charge in [-0.2, -0.15) is 47.0 Å². The van der Waals surface area contributed by atoms with E-state index in [2.05, 4.69) is 0 Å². The van der Waals surface area contributed by atoms with Crippen molar-refractivity contribution in [2.45, 2.75) is 209 Å². The second kappa shape index (κ2) is 37.9. The van der Waals surface area contributed by atoms with E-state index in [1.54, 1.807) is 0 Å². The van der Waals surface area contributed by atoms with Crippen molar-refractivity contribution in [2.75, 3.05) is 98.6 Å². The number of rotatable bonds is 34. The Morgan fingerprint density at radius 2 is 0.702 bits per heavy atom. The predicted molar refractivity (Wildman–Crippen MR) is 380 cm³/mol. The Labute approximate surface area is 617 Å². The predicted octanol–water partition coefficient (Wildman–Crippen LogP) is -8.83. The number of ether oxygens (including phenoxy) is 10. The molecule has 104 heavy (non-hydrogen) atoms. The van der Waals surface area contributed by atoms with E-state index in [1.807, 2.05) is 0 Å². The van der Waals surface area contributed by atoms with Crippen molar-refractivity contribution in [1.82, 2.24) is 9.80 Å². The fraction of sp³-hybridized carbons (Fsp3) is 0.781. The smallest absolute Gasteiger partial charge is 0.261 e. The zero-order chi connectivity index (χ0) is 75.1. The molecule has 0 radical (unpaired) electrons. The maximum Gasteiger partial charge on any atom is 0.261 e. The van der Waals surface area contributed by atoms with Gasteiger partial charge in [-0.1, -0.05) is 0 Å². The molecule has 36 nitrogen and oxygen atoms in total. The van der Waals surface area contributed by atoms with Crippen molar-refractivity contribution in [3.63, 3.8) is 0 Å². The van der Waals surface area contributed by atoms with Crippen LogP contribution in [0.15, 0.2) is 24.3 Å². The highest BCUT2D eigenvalue weighted by atomic mass is 32.2. The average Bonchev–Trinajstić information content (AvgIpc) is 0.712. The van der Waals surface area contributed by atoms with E-state index >= 15 is 0 Å². The van der Waals surface area contributed by atoms with Crippen molar-refractivity contribution < 1.29 is 118 Å². The second-order valence-corrected chi connectivity index (χ2v) is 32.1. The minimum Gasteiger partial charge on any atom is -0.390 e. The molecule has 40 heteroatoms. The Hall–Kier alpha value is -2.82. The summed E-state index contributed by atoms with van der Waals surface area (Å²) in [5.41, 5.74) is 62.2. The maximum absolute atomic E-state index is 14.0. The fourth-order valence-electron chi connectivity index (χ4n) is 14.2. The summed E-state index contributed by atoms with van der Waals surface area (Å²) < 4.78 is 59.4. The van der Waals surface area contributed by atoms with Crippen LogP contribution in [0, 0.1) is 0 Å². The molecule has 10 rings (SSSR count). The lowest BCUT2D eigenvalue weighted by Crippen LogP contribution is -2.68. The number of thioether (sulfide) groups is 4. The molecule has 8 aliphatic rings. The number of amides is 4.